The maximum atomic E-state index is 12.7. The van der Waals surface area contributed by atoms with Gasteiger partial charge in [0.1, 0.15) is 5.82 Å². The third kappa shape index (κ3) is 5.35. The Morgan fingerprint density at radius 2 is 1.84 bits per heavy atom. The van der Waals surface area contributed by atoms with Crippen molar-refractivity contribution in [3.63, 3.8) is 0 Å². The molecule has 0 radical (unpaired) electrons. The van der Waals surface area contributed by atoms with Crippen molar-refractivity contribution < 1.29 is 17.6 Å². The number of carbonyl (C=O) groups is 1. The molecule has 0 aliphatic carbocycles. The Morgan fingerprint density at radius 3 is 2.37 bits per heavy atom. The van der Waals surface area contributed by atoms with Gasteiger partial charge in [-0.2, -0.15) is 0 Å². The van der Waals surface area contributed by atoms with Gasteiger partial charge >= 0.3 is 0 Å². The van der Waals surface area contributed by atoms with Crippen LogP contribution in [0.15, 0.2) is 29.2 Å². The first-order valence-electron chi connectivity index (χ1n) is 5.83. The molecule has 0 aliphatic rings. The maximum absolute atomic E-state index is 12.7. The van der Waals surface area contributed by atoms with Crippen molar-refractivity contribution in [2.75, 3.05) is 13.1 Å². The Balaban J connectivity index is 2.56. The Kier molecular flexibility index (Phi) is 5.44. The first-order chi connectivity index (χ1) is 8.81. The topological polar surface area (TPSA) is 75.3 Å². The molecular formula is C12H17FN2O3S. The van der Waals surface area contributed by atoms with Gasteiger partial charge in [0.2, 0.25) is 15.9 Å². The molecule has 0 bridgehead atoms. The van der Waals surface area contributed by atoms with Crippen molar-refractivity contribution in [1.29, 1.82) is 0 Å². The zero-order chi connectivity index (χ0) is 14.5. The Labute approximate surface area is 112 Å². The number of halogens is 1. The highest BCUT2D eigenvalue weighted by molar-refractivity contribution is 7.89. The van der Waals surface area contributed by atoms with Crippen LogP contribution in [0, 0.1) is 11.7 Å². The van der Waals surface area contributed by atoms with Gasteiger partial charge < -0.3 is 5.32 Å². The second-order valence-corrected chi connectivity index (χ2v) is 6.24. The maximum Gasteiger partial charge on any atom is 0.241 e. The third-order valence-corrected chi connectivity index (χ3v) is 3.67. The van der Waals surface area contributed by atoms with Gasteiger partial charge in [-0.05, 0) is 30.2 Å². The van der Waals surface area contributed by atoms with Gasteiger partial charge in [-0.15, -0.1) is 0 Å². The minimum absolute atomic E-state index is 0.0782. The lowest BCUT2D eigenvalue weighted by atomic mass is 10.2. The summed E-state index contributed by atoms with van der Waals surface area (Å²) in [7, 11) is -3.79. The van der Waals surface area contributed by atoms with Gasteiger partial charge in [0, 0.05) is 6.54 Å². The Bertz CT molecular complexity index is 526. The zero-order valence-electron chi connectivity index (χ0n) is 10.8. The smallest absolute Gasteiger partial charge is 0.241 e. The molecule has 0 spiro atoms. The fourth-order valence-electron chi connectivity index (χ4n) is 1.24. The molecule has 0 saturated carbocycles. The SMILES string of the molecule is CC(C)CNC(=O)CNS(=O)(=O)c1ccc(F)cc1. The summed E-state index contributed by atoms with van der Waals surface area (Å²) in [5, 5.41) is 2.59. The Hall–Kier alpha value is -1.47. The van der Waals surface area contributed by atoms with Crippen LogP contribution in [0.25, 0.3) is 0 Å². The molecule has 0 unspecified atom stereocenters. The van der Waals surface area contributed by atoms with E-state index in [9.17, 15) is 17.6 Å². The number of hydrogen-bond donors (Lipinski definition) is 2. The average molecular weight is 288 g/mol. The van der Waals surface area contributed by atoms with Crippen LogP contribution in [-0.4, -0.2) is 27.4 Å². The largest absolute Gasteiger partial charge is 0.355 e. The van der Waals surface area contributed by atoms with Crippen molar-refractivity contribution in [3.8, 4) is 0 Å². The molecule has 2 N–H and O–H groups in total. The summed E-state index contributed by atoms with van der Waals surface area (Å²) in [6.45, 7) is 4.01. The molecule has 0 aliphatic heterocycles. The highest BCUT2D eigenvalue weighted by Crippen LogP contribution is 2.08. The fraction of sp³-hybridized carbons (Fsp3) is 0.417. The van der Waals surface area contributed by atoms with E-state index in [1.165, 1.54) is 0 Å². The number of hydrogen-bond acceptors (Lipinski definition) is 3. The van der Waals surface area contributed by atoms with Gasteiger partial charge in [0.15, 0.2) is 0 Å². The molecule has 7 heteroatoms. The summed E-state index contributed by atoms with van der Waals surface area (Å²) < 4.78 is 38.4. The molecule has 0 atom stereocenters. The van der Waals surface area contributed by atoms with E-state index < -0.39 is 21.7 Å². The van der Waals surface area contributed by atoms with Gasteiger partial charge in [-0.1, -0.05) is 13.8 Å². The minimum atomic E-state index is -3.79. The van der Waals surface area contributed by atoms with E-state index in [1.54, 1.807) is 0 Å². The van der Waals surface area contributed by atoms with Crippen LogP contribution >= 0.6 is 0 Å². The number of sulfonamides is 1. The van der Waals surface area contributed by atoms with Gasteiger partial charge in [0.05, 0.1) is 11.4 Å². The second kappa shape index (κ2) is 6.63. The van der Waals surface area contributed by atoms with Crippen molar-refractivity contribution >= 4 is 15.9 Å². The first kappa shape index (κ1) is 15.6. The van der Waals surface area contributed by atoms with E-state index in [2.05, 4.69) is 10.0 Å². The second-order valence-electron chi connectivity index (χ2n) is 4.48. The summed E-state index contributed by atoms with van der Waals surface area (Å²) in [4.78, 5) is 11.3. The highest BCUT2D eigenvalue weighted by atomic mass is 32.2. The Morgan fingerprint density at radius 1 is 1.26 bits per heavy atom. The summed E-state index contributed by atoms with van der Waals surface area (Å²) in [6.07, 6.45) is 0. The van der Waals surface area contributed by atoms with Gasteiger partial charge in [-0.3, -0.25) is 4.79 Å². The molecule has 1 aromatic carbocycles. The lowest BCUT2D eigenvalue weighted by molar-refractivity contribution is -0.120. The van der Waals surface area contributed by atoms with Crippen molar-refractivity contribution in [1.82, 2.24) is 10.0 Å². The predicted molar refractivity (Wildman–Crippen MR) is 69.4 cm³/mol. The summed E-state index contributed by atoms with van der Waals surface area (Å²) in [5.41, 5.74) is 0. The molecule has 0 saturated heterocycles. The molecule has 1 aromatic rings. The minimum Gasteiger partial charge on any atom is -0.355 e. The van der Waals surface area contributed by atoms with Crippen LogP contribution in [0.5, 0.6) is 0 Å². The van der Waals surface area contributed by atoms with E-state index in [0.717, 1.165) is 24.3 Å². The van der Waals surface area contributed by atoms with Crippen molar-refractivity contribution in [2.45, 2.75) is 18.7 Å². The van der Waals surface area contributed by atoms with Gasteiger partial charge in [0.25, 0.3) is 0 Å². The van der Waals surface area contributed by atoms with Crippen LogP contribution in [0.4, 0.5) is 4.39 Å². The van der Waals surface area contributed by atoms with Crippen LogP contribution in [0.1, 0.15) is 13.8 Å². The molecule has 5 nitrogen and oxygen atoms in total. The van der Waals surface area contributed by atoms with E-state index in [0.29, 0.717) is 6.54 Å². The number of nitrogens with one attached hydrogen (secondary N) is 2. The highest BCUT2D eigenvalue weighted by Gasteiger charge is 2.15. The number of carbonyl (C=O) groups excluding carboxylic acids is 1. The molecule has 106 valence electrons. The first-order valence-corrected chi connectivity index (χ1v) is 7.31. The lowest BCUT2D eigenvalue weighted by Crippen LogP contribution is -2.38. The number of benzene rings is 1. The van der Waals surface area contributed by atoms with E-state index in [1.807, 2.05) is 13.8 Å². The molecule has 1 rings (SSSR count). The van der Waals surface area contributed by atoms with Crippen molar-refractivity contribution in [2.24, 2.45) is 5.92 Å². The quantitative estimate of drug-likeness (QED) is 0.816. The fourth-order valence-corrected chi connectivity index (χ4v) is 2.22. The van der Waals surface area contributed by atoms with Crippen LogP contribution in [0.2, 0.25) is 0 Å². The van der Waals surface area contributed by atoms with Crippen LogP contribution in [-0.2, 0) is 14.8 Å². The van der Waals surface area contributed by atoms with Crippen LogP contribution < -0.4 is 10.0 Å². The predicted octanol–water partition coefficient (Wildman–Crippen LogP) is 0.876. The molecule has 1 amide bonds. The van der Waals surface area contributed by atoms with Gasteiger partial charge in [-0.25, -0.2) is 17.5 Å². The molecule has 0 heterocycles. The standard InChI is InChI=1S/C12H17FN2O3S/c1-9(2)7-14-12(16)8-15-19(17,18)11-5-3-10(13)4-6-11/h3-6,9,15H,7-8H2,1-2H3,(H,14,16). The number of amides is 1. The molecule has 0 aromatic heterocycles. The third-order valence-electron chi connectivity index (χ3n) is 2.25. The monoisotopic (exact) mass is 288 g/mol. The summed E-state index contributed by atoms with van der Waals surface area (Å²) in [6, 6.07) is 4.38. The molecule has 0 fully saturated rings. The van der Waals surface area contributed by atoms with E-state index in [4.69, 9.17) is 0 Å². The average Bonchev–Trinajstić information content (AvgIpc) is 2.34. The summed E-state index contributed by atoms with van der Waals surface area (Å²) in [5.74, 6) is -0.634. The molecular weight excluding hydrogens is 271 g/mol. The van der Waals surface area contributed by atoms with Crippen LogP contribution in [0.3, 0.4) is 0 Å². The normalized spacial score (nSPS) is 11.6. The van der Waals surface area contributed by atoms with E-state index in [-0.39, 0.29) is 17.4 Å². The van der Waals surface area contributed by atoms with E-state index >= 15 is 0 Å². The zero-order valence-corrected chi connectivity index (χ0v) is 11.6. The number of rotatable bonds is 6. The molecule has 19 heavy (non-hydrogen) atoms. The lowest BCUT2D eigenvalue weighted by Gasteiger charge is -2.09. The van der Waals surface area contributed by atoms with Crippen molar-refractivity contribution in [3.05, 3.63) is 30.1 Å². The summed E-state index contributed by atoms with van der Waals surface area (Å²) >= 11 is 0.